The lowest BCUT2D eigenvalue weighted by molar-refractivity contribution is -0.118. The maximum absolute atomic E-state index is 12.2. The fourth-order valence-electron chi connectivity index (χ4n) is 2.12. The first-order valence-electron chi connectivity index (χ1n) is 6.40. The van der Waals surface area contributed by atoms with Gasteiger partial charge in [-0.2, -0.15) is 0 Å². The van der Waals surface area contributed by atoms with Crippen LogP contribution in [0, 0.1) is 5.92 Å². The summed E-state index contributed by atoms with van der Waals surface area (Å²) < 4.78 is 5.07. The van der Waals surface area contributed by atoms with Gasteiger partial charge in [0.2, 0.25) is 5.91 Å². The van der Waals surface area contributed by atoms with E-state index in [4.69, 9.17) is 4.74 Å². The van der Waals surface area contributed by atoms with E-state index >= 15 is 0 Å². The smallest absolute Gasteiger partial charge is 0.328 e. The third kappa shape index (κ3) is 2.86. The normalized spacial score (nSPS) is 19.9. The van der Waals surface area contributed by atoms with Crippen molar-refractivity contribution >= 4 is 17.6 Å². The van der Waals surface area contributed by atoms with Crippen LogP contribution in [0.25, 0.3) is 0 Å². The van der Waals surface area contributed by atoms with Crippen LogP contribution in [0.3, 0.4) is 0 Å². The lowest BCUT2D eigenvalue weighted by atomic mass is 10.0. The summed E-state index contributed by atoms with van der Waals surface area (Å²) in [5.41, 5.74) is 0.569. The molecule has 5 heteroatoms. The monoisotopic (exact) mass is 262 g/mol. The van der Waals surface area contributed by atoms with Crippen molar-refractivity contribution < 1.29 is 14.3 Å². The molecule has 1 aliphatic rings. The number of carbonyl (C=O) groups is 2. The van der Waals surface area contributed by atoms with E-state index < -0.39 is 0 Å². The van der Waals surface area contributed by atoms with E-state index in [0.29, 0.717) is 24.4 Å². The van der Waals surface area contributed by atoms with Crippen molar-refractivity contribution in [2.75, 3.05) is 18.6 Å². The molecule has 0 spiro atoms. The molecule has 1 saturated heterocycles. The van der Waals surface area contributed by atoms with Crippen molar-refractivity contribution in [1.29, 1.82) is 0 Å². The molecule has 1 aromatic rings. The Hall–Kier alpha value is -2.04. The van der Waals surface area contributed by atoms with Gasteiger partial charge in [-0.1, -0.05) is 13.3 Å². The van der Waals surface area contributed by atoms with Gasteiger partial charge in [0.1, 0.15) is 5.75 Å². The largest absolute Gasteiger partial charge is 0.497 e. The first kappa shape index (κ1) is 13.4. The third-order valence-electron chi connectivity index (χ3n) is 3.37. The molecule has 0 aromatic heterocycles. The van der Waals surface area contributed by atoms with E-state index in [0.717, 1.165) is 6.42 Å². The molecule has 19 heavy (non-hydrogen) atoms. The van der Waals surface area contributed by atoms with Gasteiger partial charge in [-0.25, -0.2) is 9.69 Å². The molecule has 102 valence electrons. The number of hydrogen-bond donors (Lipinski definition) is 1. The van der Waals surface area contributed by atoms with Crippen molar-refractivity contribution in [3.63, 3.8) is 0 Å². The van der Waals surface area contributed by atoms with E-state index in [-0.39, 0.29) is 17.9 Å². The minimum absolute atomic E-state index is 0.160. The zero-order valence-electron chi connectivity index (χ0n) is 11.2. The van der Waals surface area contributed by atoms with Gasteiger partial charge in [-0.3, -0.25) is 4.79 Å². The first-order valence-corrected chi connectivity index (χ1v) is 6.40. The Balaban J connectivity index is 2.25. The molecule has 1 fully saturated rings. The van der Waals surface area contributed by atoms with Crippen molar-refractivity contribution in [3.05, 3.63) is 24.3 Å². The van der Waals surface area contributed by atoms with Gasteiger partial charge in [0, 0.05) is 13.0 Å². The number of benzene rings is 1. The highest BCUT2D eigenvalue weighted by molar-refractivity contribution is 6.14. The predicted molar refractivity (Wildman–Crippen MR) is 72.3 cm³/mol. The van der Waals surface area contributed by atoms with E-state index in [1.807, 2.05) is 6.92 Å². The molecule has 0 radical (unpaired) electrons. The van der Waals surface area contributed by atoms with Crippen LogP contribution in [-0.2, 0) is 4.79 Å². The Morgan fingerprint density at radius 1 is 1.32 bits per heavy atom. The van der Waals surface area contributed by atoms with Crippen LogP contribution in [0.2, 0.25) is 0 Å². The molecule has 1 heterocycles. The summed E-state index contributed by atoms with van der Waals surface area (Å²) in [7, 11) is 1.57. The van der Waals surface area contributed by atoms with E-state index in [2.05, 4.69) is 5.32 Å². The van der Waals surface area contributed by atoms with Crippen LogP contribution in [0.15, 0.2) is 24.3 Å². The van der Waals surface area contributed by atoms with Gasteiger partial charge in [0.15, 0.2) is 0 Å². The fourth-order valence-corrected chi connectivity index (χ4v) is 2.12. The molecule has 5 nitrogen and oxygen atoms in total. The molecular formula is C14H18N2O3. The number of rotatable bonds is 3. The topological polar surface area (TPSA) is 58.6 Å². The summed E-state index contributed by atoms with van der Waals surface area (Å²) >= 11 is 0. The Labute approximate surface area is 112 Å². The number of nitrogens with one attached hydrogen (secondary N) is 1. The second-order valence-electron chi connectivity index (χ2n) is 4.59. The molecule has 1 aliphatic heterocycles. The first-order chi connectivity index (χ1) is 9.15. The minimum Gasteiger partial charge on any atom is -0.497 e. The number of imide groups is 1. The Bertz CT molecular complexity index is 470. The summed E-state index contributed by atoms with van der Waals surface area (Å²) in [5, 5.41) is 2.79. The van der Waals surface area contributed by atoms with Crippen LogP contribution in [-0.4, -0.2) is 25.6 Å². The number of hydrogen-bond acceptors (Lipinski definition) is 3. The van der Waals surface area contributed by atoms with Crippen LogP contribution in [0.1, 0.15) is 19.8 Å². The molecule has 2 rings (SSSR count). The zero-order chi connectivity index (χ0) is 13.8. The van der Waals surface area contributed by atoms with E-state index in [9.17, 15) is 9.59 Å². The van der Waals surface area contributed by atoms with Gasteiger partial charge in [-0.15, -0.1) is 0 Å². The van der Waals surface area contributed by atoms with Gasteiger partial charge in [-0.05, 0) is 30.2 Å². The van der Waals surface area contributed by atoms with Crippen LogP contribution in [0.4, 0.5) is 10.5 Å². The Kier molecular flexibility index (Phi) is 4.04. The summed E-state index contributed by atoms with van der Waals surface area (Å²) in [4.78, 5) is 25.4. The molecular weight excluding hydrogens is 244 g/mol. The number of urea groups is 1. The van der Waals surface area contributed by atoms with E-state index in [1.165, 1.54) is 4.90 Å². The molecule has 1 unspecified atom stereocenters. The fraction of sp³-hybridized carbons (Fsp3) is 0.429. The highest BCUT2D eigenvalue weighted by atomic mass is 16.5. The standard InChI is InChI=1S/C14H18N2O3/c1-3-10-8-13(17)16(14(18)15-9-10)11-4-6-12(19-2)7-5-11/h4-7,10H,3,8-9H2,1-2H3,(H,15,18). The SMILES string of the molecule is CCC1CNC(=O)N(c2ccc(OC)cc2)C(=O)C1. The lowest BCUT2D eigenvalue weighted by Crippen LogP contribution is -2.41. The molecule has 0 aliphatic carbocycles. The second-order valence-corrected chi connectivity index (χ2v) is 4.59. The Morgan fingerprint density at radius 3 is 2.58 bits per heavy atom. The average molecular weight is 262 g/mol. The average Bonchev–Trinajstić information content (AvgIpc) is 2.57. The van der Waals surface area contributed by atoms with Gasteiger partial charge < -0.3 is 10.1 Å². The van der Waals surface area contributed by atoms with Crippen molar-refractivity contribution in [2.45, 2.75) is 19.8 Å². The van der Waals surface area contributed by atoms with Crippen molar-refractivity contribution in [2.24, 2.45) is 5.92 Å². The van der Waals surface area contributed by atoms with Crippen molar-refractivity contribution in [3.8, 4) is 5.75 Å². The molecule has 1 aromatic carbocycles. The minimum atomic E-state index is -0.355. The van der Waals surface area contributed by atoms with Crippen LogP contribution < -0.4 is 15.0 Å². The molecule has 1 N–H and O–H groups in total. The maximum atomic E-state index is 12.2. The maximum Gasteiger partial charge on any atom is 0.328 e. The van der Waals surface area contributed by atoms with Crippen LogP contribution in [0.5, 0.6) is 5.75 Å². The zero-order valence-corrected chi connectivity index (χ0v) is 11.2. The van der Waals surface area contributed by atoms with Gasteiger partial charge in [0.05, 0.1) is 12.8 Å². The highest BCUT2D eigenvalue weighted by Crippen LogP contribution is 2.23. The lowest BCUT2D eigenvalue weighted by Gasteiger charge is -2.18. The predicted octanol–water partition coefficient (Wildman–Crippen LogP) is 2.17. The van der Waals surface area contributed by atoms with E-state index in [1.54, 1.807) is 31.4 Å². The Morgan fingerprint density at radius 2 is 2.00 bits per heavy atom. The summed E-state index contributed by atoms with van der Waals surface area (Å²) in [6.07, 6.45) is 1.27. The van der Waals surface area contributed by atoms with Gasteiger partial charge >= 0.3 is 6.03 Å². The number of anilines is 1. The number of nitrogens with zero attached hydrogens (tertiary/aromatic N) is 1. The molecule has 3 amide bonds. The molecule has 0 bridgehead atoms. The molecule has 0 saturated carbocycles. The second kappa shape index (κ2) is 5.73. The number of amides is 3. The highest BCUT2D eigenvalue weighted by Gasteiger charge is 2.29. The van der Waals surface area contributed by atoms with Crippen LogP contribution >= 0.6 is 0 Å². The quantitative estimate of drug-likeness (QED) is 0.908. The van der Waals surface area contributed by atoms with Crippen molar-refractivity contribution in [1.82, 2.24) is 5.32 Å². The van der Waals surface area contributed by atoms with Gasteiger partial charge in [0.25, 0.3) is 0 Å². The summed E-state index contributed by atoms with van der Waals surface area (Å²) in [6, 6.07) is 6.53. The summed E-state index contributed by atoms with van der Waals surface area (Å²) in [5.74, 6) is 0.740. The molecule has 1 atom stereocenters. The summed E-state index contributed by atoms with van der Waals surface area (Å²) in [6.45, 7) is 2.57. The third-order valence-corrected chi connectivity index (χ3v) is 3.37. The number of ether oxygens (including phenoxy) is 1. The number of carbonyl (C=O) groups excluding carboxylic acids is 2. The number of methoxy groups -OCH3 is 1.